The second-order valence-electron chi connectivity index (χ2n) is 4.99. The van der Waals surface area contributed by atoms with E-state index in [4.69, 9.17) is 9.47 Å². The van der Waals surface area contributed by atoms with Crippen molar-refractivity contribution in [2.75, 3.05) is 19.5 Å². The molecular weight excluding hydrogens is 306 g/mol. The maximum atomic E-state index is 12.7. The quantitative estimate of drug-likeness (QED) is 0.783. The molecule has 0 spiro atoms. The van der Waals surface area contributed by atoms with E-state index < -0.39 is 0 Å². The number of hydrogen-bond acceptors (Lipinski definition) is 4. The van der Waals surface area contributed by atoms with Gasteiger partial charge in [0.1, 0.15) is 17.1 Å². The predicted octanol–water partition coefficient (Wildman–Crippen LogP) is 3.14. The molecule has 1 N–H and O–H groups in total. The van der Waals surface area contributed by atoms with Crippen LogP contribution in [0.2, 0.25) is 0 Å². The highest BCUT2D eigenvalue weighted by Crippen LogP contribution is 2.29. The average molecular weight is 323 g/mol. The first-order chi connectivity index (χ1) is 11.7. The fourth-order valence-corrected chi connectivity index (χ4v) is 2.42. The lowest BCUT2D eigenvalue weighted by molar-refractivity contribution is 0.102. The Balaban J connectivity index is 1.90. The molecule has 0 atom stereocenters. The first-order valence-electron chi connectivity index (χ1n) is 7.35. The van der Waals surface area contributed by atoms with Crippen LogP contribution in [0.25, 0.3) is 5.69 Å². The van der Waals surface area contributed by atoms with Gasteiger partial charge in [-0.05, 0) is 36.4 Å². The van der Waals surface area contributed by atoms with Crippen molar-refractivity contribution in [3.8, 4) is 17.2 Å². The molecule has 0 saturated carbocycles. The first kappa shape index (κ1) is 15.6. The number of rotatable bonds is 5. The van der Waals surface area contributed by atoms with Crippen molar-refractivity contribution in [2.45, 2.75) is 0 Å². The van der Waals surface area contributed by atoms with Gasteiger partial charge in [0, 0.05) is 18.1 Å². The van der Waals surface area contributed by atoms with Crippen molar-refractivity contribution < 1.29 is 14.3 Å². The van der Waals surface area contributed by atoms with E-state index in [-0.39, 0.29) is 5.91 Å². The van der Waals surface area contributed by atoms with Gasteiger partial charge in [-0.1, -0.05) is 12.1 Å². The van der Waals surface area contributed by atoms with Crippen molar-refractivity contribution in [2.24, 2.45) is 0 Å². The standard InChI is InChI=1S/C18H17N3O3/c1-23-15-8-4-9-16(24-2)17(15)18(22)20-13-6-3-7-14(12-13)21-11-5-10-19-21/h3-12H,1-2H3,(H,20,22). The molecule has 0 aliphatic rings. The monoisotopic (exact) mass is 323 g/mol. The highest BCUT2D eigenvalue weighted by atomic mass is 16.5. The molecule has 0 aliphatic heterocycles. The normalized spacial score (nSPS) is 10.2. The molecule has 24 heavy (non-hydrogen) atoms. The number of methoxy groups -OCH3 is 2. The topological polar surface area (TPSA) is 65.4 Å². The summed E-state index contributed by atoms with van der Waals surface area (Å²) in [6, 6.07) is 14.5. The van der Waals surface area contributed by atoms with Crippen molar-refractivity contribution in [1.82, 2.24) is 9.78 Å². The van der Waals surface area contributed by atoms with E-state index in [2.05, 4.69) is 10.4 Å². The van der Waals surface area contributed by atoms with Crippen LogP contribution in [0.15, 0.2) is 60.9 Å². The number of amides is 1. The minimum atomic E-state index is -0.304. The molecule has 0 radical (unpaired) electrons. The number of aromatic nitrogens is 2. The van der Waals surface area contributed by atoms with E-state index >= 15 is 0 Å². The summed E-state index contributed by atoms with van der Waals surface area (Å²) in [6.45, 7) is 0. The van der Waals surface area contributed by atoms with Crippen LogP contribution >= 0.6 is 0 Å². The molecule has 0 fully saturated rings. The molecule has 0 unspecified atom stereocenters. The minimum Gasteiger partial charge on any atom is -0.496 e. The van der Waals surface area contributed by atoms with Crippen LogP contribution in [0, 0.1) is 0 Å². The lowest BCUT2D eigenvalue weighted by Crippen LogP contribution is -2.14. The molecule has 1 aromatic heterocycles. The number of anilines is 1. The Hall–Kier alpha value is -3.28. The molecule has 1 amide bonds. The average Bonchev–Trinajstić information content (AvgIpc) is 3.15. The molecular formula is C18H17N3O3. The van der Waals surface area contributed by atoms with Crippen molar-refractivity contribution in [3.63, 3.8) is 0 Å². The number of carbonyl (C=O) groups is 1. The highest BCUT2D eigenvalue weighted by molar-refractivity contribution is 6.08. The third kappa shape index (κ3) is 3.08. The maximum absolute atomic E-state index is 12.7. The van der Waals surface area contributed by atoms with Crippen LogP contribution < -0.4 is 14.8 Å². The van der Waals surface area contributed by atoms with E-state index in [0.29, 0.717) is 22.7 Å². The smallest absolute Gasteiger partial charge is 0.263 e. The van der Waals surface area contributed by atoms with Gasteiger partial charge in [0.25, 0.3) is 5.91 Å². The van der Waals surface area contributed by atoms with Gasteiger partial charge in [0.2, 0.25) is 0 Å². The highest BCUT2D eigenvalue weighted by Gasteiger charge is 2.18. The fourth-order valence-electron chi connectivity index (χ4n) is 2.42. The summed E-state index contributed by atoms with van der Waals surface area (Å²) in [6.07, 6.45) is 3.54. The molecule has 0 saturated heterocycles. The number of carbonyl (C=O) groups excluding carboxylic acids is 1. The minimum absolute atomic E-state index is 0.304. The largest absolute Gasteiger partial charge is 0.496 e. The molecule has 3 rings (SSSR count). The van der Waals surface area contributed by atoms with Gasteiger partial charge in [-0.2, -0.15) is 5.10 Å². The Morgan fingerprint density at radius 3 is 2.38 bits per heavy atom. The third-order valence-electron chi connectivity index (χ3n) is 3.53. The number of nitrogens with zero attached hydrogens (tertiary/aromatic N) is 2. The van der Waals surface area contributed by atoms with Crippen molar-refractivity contribution >= 4 is 11.6 Å². The van der Waals surface area contributed by atoms with E-state index in [1.54, 1.807) is 29.1 Å². The number of ether oxygens (including phenoxy) is 2. The lowest BCUT2D eigenvalue weighted by Gasteiger charge is -2.13. The van der Waals surface area contributed by atoms with Gasteiger partial charge in [0.05, 0.1) is 19.9 Å². The molecule has 0 aliphatic carbocycles. The first-order valence-corrected chi connectivity index (χ1v) is 7.35. The lowest BCUT2D eigenvalue weighted by atomic mass is 10.1. The molecule has 2 aromatic carbocycles. The van der Waals surface area contributed by atoms with Crippen LogP contribution in [0.5, 0.6) is 11.5 Å². The third-order valence-corrected chi connectivity index (χ3v) is 3.53. The van der Waals surface area contributed by atoms with Gasteiger partial charge < -0.3 is 14.8 Å². The summed E-state index contributed by atoms with van der Waals surface area (Å²) in [4.78, 5) is 12.7. The number of benzene rings is 2. The summed E-state index contributed by atoms with van der Waals surface area (Å²) in [5, 5.41) is 7.05. The summed E-state index contributed by atoms with van der Waals surface area (Å²) < 4.78 is 12.3. The van der Waals surface area contributed by atoms with Crippen molar-refractivity contribution in [3.05, 3.63) is 66.5 Å². The summed E-state index contributed by atoms with van der Waals surface area (Å²) in [5.41, 5.74) is 1.86. The number of hydrogen-bond donors (Lipinski definition) is 1. The Morgan fingerprint density at radius 2 is 1.75 bits per heavy atom. The van der Waals surface area contributed by atoms with Gasteiger partial charge in [0.15, 0.2) is 0 Å². The second-order valence-corrected chi connectivity index (χ2v) is 4.99. The van der Waals surface area contributed by atoms with Gasteiger partial charge >= 0.3 is 0 Å². The Bertz CT molecular complexity index is 822. The van der Waals surface area contributed by atoms with E-state index in [1.165, 1.54) is 14.2 Å². The molecule has 122 valence electrons. The Kier molecular flexibility index (Phi) is 4.47. The molecule has 6 nitrogen and oxygen atoms in total. The fraction of sp³-hybridized carbons (Fsp3) is 0.111. The molecule has 0 bridgehead atoms. The summed E-state index contributed by atoms with van der Waals surface area (Å²) >= 11 is 0. The van der Waals surface area contributed by atoms with E-state index in [9.17, 15) is 4.79 Å². The van der Waals surface area contributed by atoms with E-state index in [0.717, 1.165) is 5.69 Å². The molecule has 3 aromatic rings. The zero-order chi connectivity index (χ0) is 16.9. The molecule has 6 heteroatoms. The van der Waals surface area contributed by atoms with Gasteiger partial charge in [-0.3, -0.25) is 4.79 Å². The SMILES string of the molecule is COc1cccc(OC)c1C(=O)Nc1cccc(-n2cccn2)c1. The molecule has 1 heterocycles. The Morgan fingerprint density at radius 1 is 1.04 bits per heavy atom. The summed E-state index contributed by atoms with van der Waals surface area (Å²) in [7, 11) is 3.04. The van der Waals surface area contributed by atoms with E-state index in [1.807, 2.05) is 36.5 Å². The van der Waals surface area contributed by atoms with Crippen molar-refractivity contribution in [1.29, 1.82) is 0 Å². The zero-order valence-electron chi connectivity index (χ0n) is 13.4. The maximum Gasteiger partial charge on any atom is 0.263 e. The zero-order valence-corrected chi connectivity index (χ0v) is 13.4. The van der Waals surface area contributed by atoms with Gasteiger partial charge in [-0.15, -0.1) is 0 Å². The van der Waals surface area contributed by atoms with Crippen LogP contribution in [0.4, 0.5) is 5.69 Å². The predicted molar refractivity (Wildman–Crippen MR) is 91.1 cm³/mol. The van der Waals surface area contributed by atoms with Gasteiger partial charge in [-0.25, -0.2) is 4.68 Å². The number of nitrogens with one attached hydrogen (secondary N) is 1. The second kappa shape index (κ2) is 6.87. The van der Waals surface area contributed by atoms with Crippen LogP contribution in [0.1, 0.15) is 10.4 Å². The summed E-state index contributed by atoms with van der Waals surface area (Å²) in [5.74, 6) is 0.604. The van der Waals surface area contributed by atoms with Crippen LogP contribution in [0.3, 0.4) is 0 Å². The van der Waals surface area contributed by atoms with Crippen LogP contribution in [-0.2, 0) is 0 Å². The Labute approximate surface area is 139 Å². The van der Waals surface area contributed by atoms with Crippen LogP contribution in [-0.4, -0.2) is 29.9 Å².